The summed E-state index contributed by atoms with van der Waals surface area (Å²) in [6.45, 7) is 0. The first-order valence-corrected chi connectivity index (χ1v) is 4.39. The molecule has 0 atom stereocenters. The summed E-state index contributed by atoms with van der Waals surface area (Å²) in [6, 6.07) is 7.87. The van der Waals surface area contributed by atoms with Crippen molar-refractivity contribution >= 4 is 33.4 Å². The summed E-state index contributed by atoms with van der Waals surface area (Å²) in [7, 11) is 0. The van der Waals surface area contributed by atoms with Crippen molar-refractivity contribution in [2.24, 2.45) is 0 Å². The summed E-state index contributed by atoms with van der Waals surface area (Å²) in [5, 5.41) is 0.822. The largest absolute Gasteiger partial charge is 0.298 e. The van der Waals surface area contributed by atoms with Crippen LogP contribution >= 0.6 is 27.7 Å². The Morgan fingerprint density at radius 3 is 2.60 bits per heavy atom. The van der Waals surface area contributed by atoms with E-state index >= 15 is 0 Å². The van der Waals surface area contributed by atoms with Gasteiger partial charge in [-0.2, -0.15) is 0 Å². The van der Waals surface area contributed by atoms with E-state index in [9.17, 15) is 0 Å². The number of alkyl halides is 1. The van der Waals surface area contributed by atoms with Gasteiger partial charge in [0.25, 0.3) is 0 Å². The molecule has 3 heteroatoms. The van der Waals surface area contributed by atoms with Crippen LogP contribution in [0.25, 0.3) is 0 Å². The van der Waals surface area contributed by atoms with E-state index in [0.29, 0.717) is 0 Å². The van der Waals surface area contributed by atoms with Crippen LogP contribution in [0.5, 0.6) is 0 Å². The molecule has 0 heterocycles. The van der Waals surface area contributed by atoms with E-state index in [0.717, 1.165) is 16.6 Å². The first-order valence-electron chi connectivity index (χ1n) is 2.89. The van der Waals surface area contributed by atoms with E-state index in [-0.39, 0.29) is 0 Å². The highest BCUT2D eigenvalue weighted by Gasteiger charge is 1.95. The highest BCUT2D eigenvalue weighted by molar-refractivity contribution is 9.08. The smallest absolute Gasteiger partial charge is 0.0532 e. The lowest BCUT2D eigenvalue weighted by Crippen LogP contribution is -1.85. The van der Waals surface area contributed by atoms with Gasteiger partial charge in [0.1, 0.15) is 0 Å². The number of hydrogen-bond donors (Lipinski definition) is 1. The minimum atomic E-state index is 0.822. The third-order valence-corrected chi connectivity index (χ3v) is 2.07. The molecule has 1 nitrogen and oxygen atoms in total. The SMILES string of the molecule is ClNc1ccccc1CBr. The van der Waals surface area contributed by atoms with Crippen molar-refractivity contribution in [2.45, 2.75) is 5.33 Å². The predicted octanol–water partition coefficient (Wildman–Crippen LogP) is 3.15. The maximum atomic E-state index is 5.44. The maximum Gasteiger partial charge on any atom is 0.0532 e. The lowest BCUT2D eigenvalue weighted by molar-refractivity contribution is 1.44. The average molecular weight is 220 g/mol. The van der Waals surface area contributed by atoms with Gasteiger partial charge in [-0.05, 0) is 11.6 Å². The molecule has 0 aromatic heterocycles. The van der Waals surface area contributed by atoms with Gasteiger partial charge in [0, 0.05) is 17.1 Å². The zero-order valence-corrected chi connectivity index (χ0v) is 7.61. The Bertz CT molecular complexity index is 192. The number of nitrogens with one attached hydrogen (secondary N) is 1. The van der Waals surface area contributed by atoms with Crippen LogP contribution < -0.4 is 4.84 Å². The quantitative estimate of drug-likeness (QED) is 0.596. The molecule has 0 aliphatic rings. The second kappa shape index (κ2) is 3.84. The second-order valence-corrected chi connectivity index (χ2v) is 2.63. The van der Waals surface area contributed by atoms with Crippen molar-refractivity contribution in [3.8, 4) is 0 Å². The van der Waals surface area contributed by atoms with Crippen LogP contribution in [-0.4, -0.2) is 0 Å². The molecule has 0 radical (unpaired) electrons. The van der Waals surface area contributed by atoms with Crippen molar-refractivity contribution in [3.63, 3.8) is 0 Å². The summed E-state index contributed by atoms with van der Waals surface area (Å²) < 4.78 is 0. The fourth-order valence-corrected chi connectivity index (χ4v) is 1.40. The van der Waals surface area contributed by atoms with Gasteiger partial charge in [0.15, 0.2) is 0 Å². The van der Waals surface area contributed by atoms with Crippen molar-refractivity contribution in [1.82, 2.24) is 0 Å². The van der Waals surface area contributed by atoms with Crippen LogP contribution in [-0.2, 0) is 5.33 Å². The summed E-state index contributed by atoms with van der Waals surface area (Å²) in [6.07, 6.45) is 0. The van der Waals surface area contributed by atoms with Gasteiger partial charge in [-0.1, -0.05) is 34.1 Å². The Balaban J connectivity index is 2.96. The molecule has 0 amide bonds. The van der Waals surface area contributed by atoms with Crippen LogP contribution in [0, 0.1) is 0 Å². The lowest BCUT2D eigenvalue weighted by atomic mass is 10.2. The van der Waals surface area contributed by atoms with Gasteiger partial charge in [0.2, 0.25) is 0 Å². The zero-order valence-electron chi connectivity index (χ0n) is 5.27. The molecule has 10 heavy (non-hydrogen) atoms. The molecule has 1 aromatic carbocycles. The zero-order chi connectivity index (χ0) is 7.40. The molecule has 54 valence electrons. The first kappa shape index (κ1) is 7.89. The van der Waals surface area contributed by atoms with Crippen LogP contribution in [0.2, 0.25) is 0 Å². The Morgan fingerprint density at radius 1 is 1.40 bits per heavy atom. The molecule has 0 aliphatic carbocycles. The molecule has 0 spiro atoms. The molecule has 1 aromatic rings. The predicted molar refractivity (Wildman–Crippen MR) is 48.5 cm³/mol. The Hall–Kier alpha value is -0.210. The van der Waals surface area contributed by atoms with Crippen LogP contribution in [0.3, 0.4) is 0 Å². The molecule has 0 bridgehead atoms. The van der Waals surface area contributed by atoms with E-state index in [2.05, 4.69) is 20.8 Å². The highest BCUT2D eigenvalue weighted by atomic mass is 79.9. The normalized spacial score (nSPS) is 9.40. The number of para-hydroxylation sites is 1. The second-order valence-electron chi connectivity index (χ2n) is 1.89. The Labute approximate surface area is 73.6 Å². The van der Waals surface area contributed by atoms with E-state index in [1.807, 2.05) is 24.3 Å². The number of benzene rings is 1. The summed E-state index contributed by atoms with van der Waals surface area (Å²) in [5.41, 5.74) is 2.12. The van der Waals surface area contributed by atoms with Crippen LogP contribution in [0.4, 0.5) is 5.69 Å². The molecular formula is C7H7BrClN. The van der Waals surface area contributed by atoms with Crippen molar-refractivity contribution in [1.29, 1.82) is 0 Å². The summed E-state index contributed by atoms with van der Waals surface area (Å²) in [4.78, 5) is 2.59. The van der Waals surface area contributed by atoms with Gasteiger partial charge >= 0.3 is 0 Å². The fraction of sp³-hybridized carbons (Fsp3) is 0.143. The number of rotatable bonds is 2. The van der Waals surface area contributed by atoms with Gasteiger partial charge in [-0.15, -0.1) is 0 Å². The minimum Gasteiger partial charge on any atom is -0.298 e. The third-order valence-electron chi connectivity index (χ3n) is 1.26. The van der Waals surface area contributed by atoms with E-state index in [1.54, 1.807) is 0 Å². The van der Waals surface area contributed by atoms with Crippen LogP contribution in [0.15, 0.2) is 24.3 Å². The van der Waals surface area contributed by atoms with Gasteiger partial charge in [-0.3, -0.25) is 4.84 Å². The van der Waals surface area contributed by atoms with E-state index < -0.39 is 0 Å². The van der Waals surface area contributed by atoms with Crippen molar-refractivity contribution < 1.29 is 0 Å². The molecule has 0 unspecified atom stereocenters. The maximum absolute atomic E-state index is 5.44. The minimum absolute atomic E-state index is 0.822. The van der Waals surface area contributed by atoms with Gasteiger partial charge < -0.3 is 0 Å². The van der Waals surface area contributed by atoms with E-state index in [1.165, 1.54) is 0 Å². The average Bonchev–Trinajstić information content (AvgIpc) is 2.04. The summed E-state index contributed by atoms with van der Waals surface area (Å²) >= 11 is 8.79. The molecule has 0 fully saturated rings. The number of anilines is 1. The Kier molecular flexibility index (Phi) is 3.03. The first-order chi connectivity index (χ1) is 4.88. The van der Waals surface area contributed by atoms with Crippen molar-refractivity contribution in [3.05, 3.63) is 29.8 Å². The van der Waals surface area contributed by atoms with Gasteiger partial charge in [0.05, 0.1) is 5.69 Å². The van der Waals surface area contributed by atoms with E-state index in [4.69, 9.17) is 11.8 Å². The molecular weight excluding hydrogens is 213 g/mol. The topological polar surface area (TPSA) is 12.0 Å². The monoisotopic (exact) mass is 219 g/mol. The molecule has 0 saturated carbocycles. The van der Waals surface area contributed by atoms with Gasteiger partial charge in [-0.25, -0.2) is 0 Å². The summed E-state index contributed by atoms with van der Waals surface area (Å²) in [5.74, 6) is 0. The number of hydrogen-bond acceptors (Lipinski definition) is 1. The standard InChI is InChI=1S/C7H7BrClN/c8-5-6-3-1-2-4-7(6)10-9/h1-4,10H,5H2. The molecule has 0 aliphatic heterocycles. The Morgan fingerprint density at radius 2 is 2.10 bits per heavy atom. The molecule has 0 saturated heterocycles. The third kappa shape index (κ3) is 1.64. The van der Waals surface area contributed by atoms with Crippen molar-refractivity contribution in [2.75, 3.05) is 4.84 Å². The lowest BCUT2D eigenvalue weighted by Gasteiger charge is -2.01. The number of halogens is 2. The van der Waals surface area contributed by atoms with Crippen LogP contribution in [0.1, 0.15) is 5.56 Å². The highest BCUT2D eigenvalue weighted by Crippen LogP contribution is 2.17. The molecule has 1 rings (SSSR count). The molecule has 1 N–H and O–H groups in total. The fourth-order valence-electron chi connectivity index (χ4n) is 0.729.